The molecule has 0 aromatic heterocycles. The molecule has 2 rings (SSSR count). The van der Waals surface area contributed by atoms with Crippen molar-refractivity contribution in [3.05, 3.63) is 23.5 Å². The van der Waals surface area contributed by atoms with Gasteiger partial charge in [-0.1, -0.05) is 13.8 Å². The van der Waals surface area contributed by atoms with Gasteiger partial charge in [0.2, 0.25) is 0 Å². The van der Waals surface area contributed by atoms with Crippen LogP contribution in [0.25, 0.3) is 0 Å². The van der Waals surface area contributed by atoms with Gasteiger partial charge in [-0.05, 0) is 12.0 Å². The second kappa shape index (κ2) is 4.73. The van der Waals surface area contributed by atoms with E-state index in [1.165, 1.54) is 13.2 Å². The third kappa shape index (κ3) is 2.40. The van der Waals surface area contributed by atoms with Crippen LogP contribution >= 0.6 is 0 Å². The summed E-state index contributed by atoms with van der Waals surface area (Å²) in [5.74, 6) is 0.812. The maximum atomic E-state index is 13.5. The number of hydrogen-bond acceptors (Lipinski definition) is 3. The third-order valence-corrected chi connectivity index (χ3v) is 2.87. The highest BCUT2D eigenvalue weighted by Gasteiger charge is 2.18. The number of halogens is 1. The minimum atomic E-state index is -0.399. The molecule has 0 aliphatic carbocycles. The highest BCUT2D eigenvalue weighted by atomic mass is 19.1. The van der Waals surface area contributed by atoms with E-state index >= 15 is 0 Å². The summed E-state index contributed by atoms with van der Waals surface area (Å²) in [4.78, 5) is 4.40. The highest BCUT2D eigenvalue weighted by molar-refractivity contribution is 5.84. The van der Waals surface area contributed by atoms with Gasteiger partial charge < -0.3 is 9.47 Å². The number of benzene rings is 1. The van der Waals surface area contributed by atoms with E-state index in [1.54, 1.807) is 12.3 Å². The van der Waals surface area contributed by atoms with Crippen LogP contribution < -0.4 is 9.47 Å². The first-order valence-corrected chi connectivity index (χ1v) is 5.65. The van der Waals surface area contributed by atoms with Crippen molar-refractivity contribution in [2.24, 2.45) is 10.9 Å². The van der Waals surface area contributed by atoms with E-state index in [0.717, 1.165) is 0 Å². The summed E-state index contributed by atoms with van der Waals surface area (Å²) in [5, 5.41) is 0. The van der Waals surface area contributed by atoms with Gasteiger partial charge in [-0.3, -0.25) is 4.99 Å². The van der Waals surface area contributed by atoms with Gasteiger partial charge in [0.1, 0.15) is 12.4 Å². The molecule has 92 valence electrons. The zero-order valence-corrected chi connectivity index (χ0v) is 10.2. The molecule has 0 saturated carbocycles. The Kier molecular flexibility index (Phi) is 3.31. The lowest BCUT2D eigenvalue weighted by atomic mass is 10.1. The molecule has 17 heavy (non-hydrogen) atoms. The number of rotatable bonds is 2. The number of fused-ring (bicyclic) bond motifs is 1. The fourth-order valence-corrected chi connectivity index (χ4v) is 1.69. The Morgan fingerprint density at radius 2 is 2.24 bits per heavy atom. The first-order chi connectivity index (χ1) is 8.11. The van der Waals surface area contributed by atoms with Gasteiger partial charge in [0.25, 0.3) is 0 Å². The monoisotopic (exact) mass is 237 g/mol. The van der Waals surface area contributed by atoms with Crippen LogP contribution in [-0.2, 0) is 0 Å². The van der Waals surface area contributed by atoms with Crippen LogP contribution in [0.1, 0.15) is 19.4 Å². The van der Waals surface area contributed by atoms with E-state index in [4.69, 9.17) is 9.47 Å². The Labute approximate surface area is 100 Å². The molecule has 1 aliphatic heterocycles. The topological polar surface area (TPSA) is 30.8 Å². The number of hydrogen-bond donors (Lipinski definition) is 0. The normalized spacial score (nSPS) is 18.5. The Morgan fingerprint density at radius 3 is 2.88 bits per heavy atom. The summed E-state index contributed by atoms with van der Waals surface area (Å²) < 4.78 is 24.1. The Bertz CT molecular complexity index is 443. The molecule has 1 aromatic carbocycles. The highest BCUT2D eigenvalue weighted by Crippen LogP contribution is 2.29. The number of aliphatic imine (C=N–C) groups is 1. The maximum absolute atomic E-state index is 13.5. The Hall–Kier alpha value is -1.58. The third-order valence-electron chi connectivity index (χ3n) is 2.87. The fourth-order valence-electron chi connectivity index (χ4n) is 1.69. The van der Waals surface area contributed by atoms with Crippen molar-refractivity contribution in [2.45, 2.75) is 19.9 Å². The van der Waals surface area contributed by atoms with Gasteiger partial charge in [-0.15, -0.1) is 0 Å². The second-order valence-corrected chi connectivity index (χ2v) is 4.43. The number of ether oxygens (including phenoxy) is 2. The van der Waals surface area contributed by atoms with Gasteiger partial charge in [0.05, 0.1) is 13.2 Å². The van der Waals surface area contributed by atoms with Gasteiger partial charge in [0.15, 0.2) is 11.6 Å². The molecule has 0 fully saturated rings. The molecular weight excluding hydrogens is 221 g/mol. The summed E-state index contributed by atoms with van der Waals surface area (Å²) in [6, 6.07) is 3.07. The quantitative estimate of drug-likeness (QED) is 0.791. The zero-order chi connectivity index (χ0) is 12.4. The van der Waals surface area contributed by atoms with Crippen LogP contribution in [-0.4, -0.2) is 26.0 Å². The minimum absolute atomic E-state index is 0.108. The fraction of sp³-hybridized carbons (Fsp3) is 0.462. The Balaban J connectivity index is 2.34. The molecule has 1 aromatic rings. The Morgan fingerprint density at radius 1 is 1.47 bits per heavy atom. The number of methoxy groups -OCH3 is 1. The van der Waals surface area contributed by atoms with Gasteiger partial charge in [-0.2, -0.15) is 0 Å². The van der Waals surface area contributed by atoms with Crippen LogP contribution in [0.2, 0.25) is 0 Å². The van der Waals surface area contributed by atoms with Crippen LogP contribution in [0.15, 0.2) is 17.1 Å². The second-order valence-electron chi connectivity index (χ2n) is 4.43. The lowest BCUT2D eigenvalue weighted by Gasteiger charge is -2.15. The average molecular weight is 237 g/mol. The molecule has 3 nitrogen and oxygen atoms in total. The predicted octanol–water partition coefficient (Wildman–Crippen LogP) is 2.67. The van der Waals surface area contributed by atoms with Gasteiger partial charge >= 0.3 is 0 Å². The molecule has 0 radical (unpaired) electrons. The van der Waals surface area contributed by atoms with Crippen molar-refractivity contribution in [3.63, 3.8) is 0 Å². The minimum Gasteiger partial charge on any atom is -0.494 e. The van der Waals surface area contributed by atoms with Gasteiger partial charge in [-0.25, -0.2) is 4.39 Å². The molecule has 0 bridgehead atoms. The first-order valence-electron chi connectivity index (χ1n) is 5.65. The van der Waals surface area contributed by atoms with E-state index in [1.807, 2.05) is 0 Å². The van der Waals surface area contributed by atoms with E-state index in [9.17, 15) is 4.39 Å². The maximum Gasteiger partial charge on any atom is 0.165 e. The SMILES string of the molecule is COc1cc2c(cc1F)C=NC(C(C)C)CO2. The molecule has 1 atom stereocenters. The predicted molar refractivity (Wildman–Crippen MR) is 64.7 cm³/mol. The molecule has 4 heteroatoms. The van der Waals surface area contributed by atoms with Crippen molar-refractivity contribution >= 4 is 6.21 Å². The zero-order valence-electron chi connectivity index (χ0n) is 10.2. The van der Waals surface area contributed by atoms with Crippen molar-refractivity contribution in [1.82, 2.24) is 0 Å². The summed E-state index contributed by atoms with van der Waals surface area (Å²) in [7, 11) is 1.44. The molecule has 0 saturated heterocycles. The summed E-state index contributed by atoms with van der Waals surface area (Å²) in [6.07, 6.45) is 1.68. The lowest BCUT2D eigenvalue weighted by molar-refractivity contribution is 0.262. The van der Waals surface area contributed by atoms with Crippen molar-refractivity contribution in [2.75, 3.05) is 13.7 Å². The molecular formula is C13H16FNO2. The van der Waals surface area contributed by atoms with Crippen LogP contribution in [0.5, 0.6) is 11.5 Å². The standard InChI is InChI=1S/C13H16FNO2/c1-8(2)11-7-17-12-5-13(16-3)10(14)4-9(12)6-15-11/h4-6,8,11H,7H2,1-3H3. The molecule has 1 aliphatic rings. The van der Waals surface area contributed by atoms with Crippen molar-refractivity contribution < 1.29 is 13.9 Å². The molecule has 0 N–H and O–H groups in total. The summed E-state index contributed by atoms with van der Waals surface area (Å²) in [6.45, 7) is 4.68. The summed E-state index contributed by atoms with van der Waals surface area (Å²) >= 11 is 0. The molecule has 1 unspecified atom stereocenters. The van der Waals surface area contributed by atoms with Crippen molar-refractivity contribution in [3.8, 4) is 11.5 Å². The van der Waals surface area contributed by atoms with Gasteiger partial charge in [0, 0.05) is 17.8 Å². The van der Waals surface area contributed by atoms with E-state index in [2.05, 4.69) is 18.8 Å². The first kappa shape index (κ1) is 11.9. The van der Waals surface area contributed by atoms with Crippen molar-refractivity contribution in [1.29, 1.82) is 0 Å². The molecule has 0 spiro atoms. The van der Waals surface area contributed by atoms with Crippen LogP contribution in [0.3, 0.4) is 0 Å². The lowest BCUT2D eigenvalue weighted by Crippen LogP contribution is -2.20. The molecule has 1 heterocycles. The van der Waals surface area contributed by atoms with E-state index in [-0.39, 0.29) is 11.8 Å². The molecule has 0 amide bonds. The van der Waals surface area contributed by atoms with E-state index < -0.39 is 5.82 Å². The largest absolute Gasteiger partial charge is 0.494 e. The van der Waals surface area contributed by atoms with E-state index in [0.29, 0.717) is 23.8 Å². The van der Waals surface area contributed by atoms with Crippen LogP contribution in [0, 0.1) is 11.7 Å². The smallest absolute Gasteiger partial charge is 0.165 e. The number of nitrogens with zero attached hydrogens (tertiary/aromatic N) is 1. The summed E-state index contributed by atoms with van der Waals surface area (Å²) in [5.41, 5.74) is 0.659. The van der Waals surface area contributed by atoms with Crippen LogP contribution in [0.4, 0.5) is 4.39 Å². The average Bonchev–Trinajstić information content (AvgIpc) is 2.50.